The molecule has 0 unspecified atom stereocenters. The van der Waals surface area contributed by atoms with Crippen molar-refractivity contribution < 1.29 is 4.79 Å². The number of carbonyl (C=O) groups is 1. The number of amides is 1. The number of nitrogens with zero attached hydrogens (tertiary/aromatic N) is 3. The van der Waals surface area contributed by atoms with Gasteiger partial charge in [0.05, 0.1) is 8.66 Å². The van der Waals surface area contributed by atoms with E-state index in [0.29, 0.717) is 11.4 Å². The van der Waals surface area contributed by atoms with Crippen LogP contribution in [0.15, 0.2) is 51.4 Å². The minimum atomic E-state index is -0.114. The van der Waals surface area contributed by atoms with Crippen LogP contribution in [0, 0.1) is 0 Å². The number of pyridine rings is 1. The summed E-state index contributed by atoms with van der Waals surface area (Å²) in [6.45, 7) is 0.396. The smallest absolute Gasteiger partial charge is 0.261 e. The van der Waals surface area contributed by atoms with Gasteiger partial charge in [-0.25, -0.2) is 9.97 Å². The first-order valence-electron chi connectivity index (χ1n) is 6.30. The average molecular weight is 442 g/mol. The third-order valence-electron chi connectivity index (χ3n) is 2.92. The molecule has 0 fully saturated rings. The predicted octanol–water partition coefficient (Wildman–Crippen LogP) is 3.78. The fourth-order valence-electron chi connectivity index (χ4n) is 1.91. The first-order chi connectivity index (χ1) is 10.6. The lowest BCUT2D eigenvalue weighted by Crippen LogP contribution is -2.22. The molecule has 0 aromatic carbocycles. The van der Waals surface area contributed by atoms with Gasteiger partial charge in [-0.05, 0) is 44.0 Å². The van der Waals surface area contributed by atoms with E-state index in [0.717, 1.165) is 19.6 Å². The van der Waals surface area contributed by atoms with Crippen LogP contribution in [0.25, 0.3) is 5.82 Å². The van der Waals surface area contributed by atoms with E-state index in [2.05, 4.69) is 47.1 Å². The molecule has 8 heteroatoms. The Labute approximate surface area is 147 Å². The van der Waals surface area contributed by atoms with Gasteiger partial charge in [-0.1, -0.05) is 6.07 Å². The van der Waals surface area contributed by atoms with Gasteiger partial charge in [0.1, 0.15) is 12.1 Å². The third-order valence-corrected chi connectivity index (χ3v) is 6.18. The van der Waals surface area contributed by atoms with E-state index in [1.54, 1.807) is 24.8 Å². The molecule has 0 saturated carbocycles. The molecule has 1 N–H and O–H groups in total. The summed E-state index contributed by atoms with van der Waals surface area (Å²) in [7, 11) is 0. The monoisotopic (exact) mass is 440 g/mol. The molecule has 0 saturated heterocycles. The summed E-state index contributed by atoms with van der Waals surface area (Å²) in [6.07, 6.45) is 6.91. The molecular formula is C14H10Br2N4OS. The lowest BCUT2D eigenvalue weighted by Gasteiger charge is -2.09. The maximum Gasteiger partial charge on any atom is 0.261 e. The zero-order valence-corrected chi connectivity index (χ0v) is 15.2. The van der Waals surface area contributed by atoms with Crippen LogP contribution in [0.4, 0.5) is 0 Å². The molecule has 0 aliphatic rings. The van der Waals surface area contributed by atoms with E-state index < -0.39 is 0 Å². The van der Waals surface area contributed by atoms with Crippen molar-refractivity contribution in [3.05, 3.63) is 61.8 Å². The van der Waals surface area contributed by atoms with Crippen LogP contribution in [-0.4, -0.2) is 20.4 Å². The Morgan fingerprint density at radius 3 is 2.91 bits per heavy atom. The summed E-state index contributed by atoms with van der Waals surface area (Å²) in [4.78, 5) is 21.2. The Balaban J connectivity index is 1.76. The van der Waals surface area contributed by atoms with Gasteiger partial charge >= 0.3 is 0 Å². The lowest BCUT2D eigenvalue weighted by molar-refractivity contribution is 0.0955. The standard InChI is InChI=1S/C14H10Br2N4OS/c15-10-6-11(22-12(10)16)14(21)19-7-9-2-1-3-18-13(9)20-5-4-17-8-20/h1-6,8H,7H2,(H,19,21). The summed E-state index contributed by atoms with van der Waals surface area (Å²) < 4.78 is 3.60. The summed E-state index contributed by atoms with van der Waals surface area (Å²) in [6, 6.07) is 5.58. The number of hydrogen-bond acceptors (Lipinski definition) is 4. The van der Waals surface area contributed by atoms with Gasteiger partial charge in [0, 0.05) is 35.2 Å². The second-order valence-electron chi connectivity index (χ2n) is 4.37. The highest BCUT2D eigenvalue weighted by Gasteiger charge is 2.13. The molecule has 0 aliphatic carbocycles. The first-order valence-corrected chi connectivity index (χ1v) is 8.70. The Morgan fingerprint density at radius 1 is 1.36 bits per heavy atom. The quantitative estimate of drug-likeness (QED) is 0.670. The first kappa shape index (κ1) is 15.4. The van der Waals surface area contributed by atoms with Gasteiger partial charge in [0.25, 0.3) is 5.91 Å². The number of nitrogens with one attached hydrogen (secondary N) is 1. The summed E-state index contributed by atoms with van der Waals surface area (Å²) in [5.74, 6) is 0.644. The van der Waals surface area contributed by atoms with E-state index in [4.69, 9.17) is 0 Å². The highest BCUT2D eigenvalue weighted by atomic mass is 79.9. The Hall–Kier alpha value is -1.51. The average Bonchev–Trinajstić information content (AvgIpc) is 3.16. The lowest BCUT2D eigenvalue weighted by atomic mass is 10.2. The molecule has 0 bridgehead atoms. The second-order valence-corrected chi connectivity index (χ2v) is 7.60. The van der Waals surface area contributed by atoms with Crippen LogP contribution in [0.3, 0.4) is 0 Å². The Bertz CT molecular complexity index is 782. The van der Waals surface area contributed by atoms with Crippen LogP contribution in [0.5, 0.6) is 0 Å². The summed E-state index contributed by atoms with van der Waals surface area (Å²) >= 11 is 8.16. The van der Waals surface area contributed by atoms with Crippen LogP contribution < -0.4 is 5.32 Å². The normalized spacial score (nSPS) is 10.6. The van der Waals surface area contributed by atoms with Gasteiger partial charge in [0.15, 0.2) is 0 Å². The van der Waals surface area contributed by atoms with Crippen LogP contribution in [0.2, 0.25) is 0 Å². The summed E-state index contributed by atoms with van der Waals surface area (Å²) in [5, 5.41) is 2.91. The van der Waals surface area contributed by atoms with E-state index in [1.165, 1.54) is 11.3 Å². The number of halogens is 2. The van der Waals surface area contributed by atoms with Crippen molar-refractivity contribution >= 4 is 49.1 Å². The van der Waals surface area contributed by atoms with Crippen LogP contribution >= 0.6 is 43.2 Å². The van der Waals surface area contributed by atoms with E-state index in [-0.39, 0.29) is 5.91 Å². The third kappa shape index (κ3) is 3.29. The number of carbonyl (C=O) groups excluding carboxylic acids is 1. The number of hydrogen-bond donors (Lipinski definition) is 1. The molecule has 0 spiro atoms. The van der Waals surface area contributed by atoms with Crippen molar-refractivity contribution in [2.75, 3.05) is 0 Å². The molecule has 3 rings (SSSR count). The largest absolute Gasteiger partial charge is 0.347 e. The minimum Gasteiger partial charge on any atom is -0.347 e. The van der Waals surface area contributed by atoms with Crippen molar-refractivity contribution in [3.8, 4) is 5.82 Å². The van der Waals surface area contributed by atoms with E-state index in [9.17, 15) is 4.79 Å². The van der Waals surface area contributed by atoms with Crippen molar-refractivity contribution in [2.24, 2.45) is 0 Å². The van der Waals surface area contributed by atoms with Crippen molar-refractivity contribution in [1.82, 2.24) is 19.9 Å². The Kier molecular flexibility index (Phi) is 4.70. The van der Waals surface area contributed by atoms with Gasteiger partial charge < -0.3 is 5.32 Å². The van der Waals surface area contributed by atoms with Crippen molar-refractivity contribution in [2.45, 2.75) is 6.54 Å². The molecule has 1 amide bonds. The van der Waals surface area contributed by atoms with Crippen LogP contribution in [-0.2, 0) is 6.54 Å². The van der Waals surface area contributed by atoms with Gasteiger partial charge in [0.2, 0.25) is 0 Å². The zero-order chi connectivity index (χ0) is 15.5. The van der Waals surface area contributed by atoms with Gasteiger partial charge in [-0.15, -0.1) is 11.3 Å². The SMILES string of the molecule is O=C(NCc1cccnc1-n1ccnc1)c1cc(Br)c(Br)s1. The molecule has 3 aromatic rings. The molecule has 0 atom stereocenters. The highest BCUT2D eigenvalue weighted by Crippen LogP contribution is 2.32. The molecule has 5 nitrogen and oxygen atoms in total. The van der Waals surface area contributed by atoms with Crippen molar-refractivity contribution in [3.63, 3.8) is 0 Å². The second kappa shape index (κ2) is 6.72. The molecule has 112 valence electrons. The molecule has 0 radical (unpaired) electrons. The fourth-order valence-corrected chi connectivity index (χ4v) is 3.86. The van der Waals surface area contributed by atoms with Gasteiger partial charge in [-0.2, -0.15) is 0 Å². The maximum atomic E-state index is 12.2. The van der Waals surface area contributed by atoms with Gasteiger partial charge in [-0.3, -0.25) is 9.36 Å². The van der Waals surface area contributed by atoms with Crippen LogP contribution in [0.1, 0.15) is 15.2 Å². The topological polar surface area (TPSA) is 59.8 Å². The molecule has 0 aliphatic heterocycles. The predicted molar refractivity (Wildman–Crippen MR) is 92.2 cm³/mol. The highest BCUT2D eigenvalue weighted by molar-refractivity contribution is 9.13. The Morgan fingerprint density at radius 2 is 2.23 bits per heavy atom. The molecule has 3 aromatic heterocycles. The fraction of sp³-hybridized carbons (Fsp3) is 0.0714. The van der Waals surface area contributed by atoms with E-state index >= 15 is 0 Å². The molecule has 22 heavy (non-hydrogen) atoms. The minimum absolute atomic E-state index is 0.114. The summed E-state index contributed by atoms with van der Waals surface area (Å²) in [5.41, 5.74) is 0.920. The zero-order valence-electron chi connectivity index (χ0n) is 11.2. The number of rotatable bonds is 4. The number of aromatic nitrogens is 3. The molecular weight excluding hydrogens is 432 g/mol. The van der Waals surface area contributed by atoms with E-state index in [1.807, 2.05) is 22.9 Å². The maximum absolute atomic E-state index is 12.2. The van der Waals surface area contributed by atoms with Crippen molar-refractivity contribution in [1.29, 1.82) is 0 Å². The number of thiophene rings is 1. The molecule has 3 heterocycles. The number of imidazole rings is 1.